The maximum Gasteiger partial charge on any atom is 0.174 e. The van der Waals surface area contributed by atoms with Crippen molar-refractivity contribution in [2.24, 2.45) is 17.0 Å². The maximum absolute atomic E-state index is 4.70. The van der Waals surface area contributed by atoms with E-state index in [1.54, 1.807) is 11.3 Å². The van der Waals surface area contributed by atoms with Crippen LogP contribution in [0.3, 0.4) is 0 Å². The third-order valence-corrected chi connectivity index (χ3v) is 5.79. The lowest BCUT2D eigenvalue weighted by molar-refractivity contribution is 0.458. The Morgan fingerprint density at radius 3 is 3.21 bits per heavy atom. The van der Waals surface area contributed by atoms with E-state index in [2.05, 4.69) is 36.1 Å². The summed E-state index contributed by atoms with van der Waals surface area (Å²) in [5, 5.41) is 11.9. The van der Waals surface area contributed by atoms with Gasteiger partial charge in [0.25, 0.3) is 0 Å². The van der Waals surface area contributed by atoms with Gasteiger partial charge < -0.3 is 10.2 Å². The SMILES string of the molecule is Cn1cc(C2CN=C3C(Nc4snc5sccc45)=NC=CN32)cn1. The average Bonchev–Trinajstić information content (AvgIpc) is 3.32. The largest absolute Gasteiger partial charge is 0.327 e. The van der Waals surface area contributed by atoms with Crippen molar-refractivity contribution in [3.8, 4) is 0 Å². The Kier molecular flexibility index (Phi) is 3.03. The van der Waals surface area contributed by atoms with Crippen LogP contribution in [0.5, 0.6) is 0 Å². The molecule has 0 saturated carbocycles. The van der Waals surface area contributed by atoms with E-state index in [1.165, 1.54) is 11.5 Å². The molecule has 0 spiro atoms. The lowest BCUT2D eigenvalue weighted by Crippen LogP contribution is -2.36. The van der Waals surface area contributed by atoms with Gasteiger partial charge in [-0.1, -0.05) is 0 Å². The molecule has 0 fully saturated rings. The minimum atomic E-state index is 0.167. The molecule has 0 amide bonds. The van der Waals surface area contributed by atoms with Gasteiger partial charge in [0.2, 0.25) is 0 Å². The van der Waals surface area contributed by atoms with Crippen molar-refractivity contribution in [2.45, 2.75) is 6.04 Å². The number of anilines is 1. The van der Waals surface area contributed by atoms with Crippen molar-refractivity contribution in [3.63, 3.8) is 0 Å². The van der Waals surface area contributed by atoms with Crippen LogP contribution < -0.4 is 5.32 Å². The lowest BCUT2D eigenvalue weighted by atomic mass is 10.1. The van der Waals surface area contributed by atoms with Crippen molar-refractivity contribution < 1.29 is 0 Å². The van der Waals surface area contributed by atoms with Crippen LogP contribution in [-0.4, -0.2) is 37.3 Å². The predicted octanol–water partition coefficient (Wildman–Crippen LogP) is 2.84. The Hall–Kier alpha value is -2.52. The van der Waals surface area contributed by atoms with Crippen LogP contribution in [0.1, 0.15) is 11.6 Å². The van der Waals surface area contributed by atoms with Crippen molar-refractivity contribution in [2.75, 3.05) is 11.9 Å². The highest BCUT2D eigenvalue weighted by molar-refractivity contribution is 7.21. The molecule has 0 aliphatic carbocycles. The molecular formula is C15H13N7S2. The number of aryl methyl sites for hydroxylation is 1. The van der Waals surface area contributed by atoms with E-state index in [1.807, 2.05) is 36.5 Å². The summed E-state index contributed by atoms with van der Waals surface area (Å²) in [6, 6.07) is 2.25. The zero-order chi connectivity index (χ0) is 16.1. The molecular weight excluding hydrogens is 342 g/mol. The van der Waals surface area contributed by atoms with Crippen LogP contribution >= 0.6 is 22.9 Å². The first kappa shape index (κ1) is 13.9. The van der Waals surface area contributed by atoms with Gasteiger partial charge in [-0.25, -0.2) is 4.99 Å². The third-order valence-electron chi connectivity index (χ3n) is 4.09. The van der Waals surface area contributed by atoms with Gasteiger partial charge in [-0.05, 0) is 23.0 Å². The Bertz CT molecular complexity index is 1010. The summed E-state index contributed by atoms with van der Waals surface area (Å²) in [6.45, 7) is 0.697. The standard InChI is InChI=1S/C15H13N7S2/c1-21-8-9(6-18-21)11-7-17-13-12(16-3-4-22(11)13)19-14-10-2-5-23-15(10)20-24-14/h2-6,8,11H,7H2,1H3,(H,16,19). The van der Waals surface area contributed by atoms with Crippen LogP contribution in [0, 0.1) is 0 Å². The molecule has 3 aromatic rings. The van der Waals surface area contributed by atoms with E-state index >= 15 is 0 Å². The van der Waals surface area contributed by atoms with Gasteiger partial charge in [0.15, 0.2) is 11.7 Å². The summed E-state index contributed by atoms with van der Waals surface area (Å²) in [4.78, 5) is 12.4. The van der Waals surface area contributed by atoms with Crippen molar-refractivity contribution in [3.05, 3.63) is 41.8 Å². The zero-order valence-electron chi connectivity index (χ0n) is 12.7. The summed E-state index contributed by atoms with van der Waals surface area (Å²) in [6.07, 6.45) is 7.71. The summed E-state index contributed by atoms with van der Waals surface area (Å²) in [5.74, 6) is 1.63. The Morgan fingerprint density at radius 1 is 1.38 bits per heavy atom. The minimum Gasteiger partial charge on any atom is -0.327 e. The normalized spacial score (nSPS) is 19.5. The summed E-state index contributed by atoms with van der Waals surface area (Å²) in [7, 11) is 1.93. The summed E-state index contributed by atoms with van der Waals surface area (Å²) in [5.41, 5.74) is 1.15. The number of nitrogens with one attached hydrogen (secondary N) is 1. The molecule has 3 aromatic heterocycles. The van der Waals surface area contributed by atoms with E-state index in [4.69, 9.17) is 4.99 Å². The topological polar surface area (TPSA) is 70.7 Å². The zero-order valence-corrected chi connectivity index (χ0v) is 14.4. The van der Waals surface area contributed by atoms with Gasteiger partial charge in [0.05, 0.1) is 18.8 Å². The van der Waals surface area contributed by atoms with E-state index in [9.17, 15) is 0 Å². The quantitative estimate of drug-likeness (QED) is 0.767. The Morgan fingerprint density at radius 2 is 2.33 bits per heavy atom. The second-order valence-corrected chi connectivity index (χ2v) is 7.25. The number of amidine groups is 2. The molecule has 2 aliphatic heterocycles. The van der Waals surface area contributed by atoms with Gasteiger partial charge in [-0.3, -0.25) is 9.67 Å². The summed E-state index contributed by atoms with van der Waals surface area (Å²) < 4.78 is 6.27. The number of aliphatic imine (C=N–C) groups is 2. The van der Waals surface area contributed by atoms with Gasteiger partial charge in [-0.2, -0.15) is 9.47 Å². The fraction of sp³-hybridized carbons (Fsp3) is 0.200. The Balaban J connectivity index is 1.44. The molecule has 1 atom stereocenters. The first-order valence-corrected chi connectivity index (χ1v) is 9.11. The number of rotatable bonds is 2. The van der Waals surface area contributed by atoms with Gasteiger partial charge in [0.1, 0.15) is 9.83 Å². The molecule has 0 aromatic carbocycles. The van der Waals surface area contributed by atoms with Gasteiger partial charge >= 0.3 is 0 Å². The van der Waals surface area contributed by atoms with Crippen LogP contribution in [0.2, 0.25) is 0 Å². The number of fused-ring (bicyclic) bond motifs is 2. The van der Waals surface area contributed by atoms with E-state index in [0.29, 0.717) is 6.54 Å². The number of thiophene rings is 1. The second kappa shape index (κ2) is 5.25. The highest BCUT2D eigenvalue weighted by atomic mass is 32.1. The third kappa shape index (κ3) is 2.09. The number of hydrogen-bond acceptors (Lipinski definition) is 8. The minimum absolute atomic E-state index is 0.167. The molecule has 7 nitrogen and oxygen atoms in total. The molecule has 120 valence electrons. The smallest absolute Gasteiger partial charge is 0.174 e. The average molecular weight is 355 g/mol. The molecule has 1 unspecified atom stereocenters. The molecule has 24 heavy (non-hydrogen) atoms. The molecule has 5 rings (SSSR count). The molecule has 0 bridgehead atoms. The number of hydrogen-bond donors (Lipinski definition) is 1. The highest BCUT2D eigenvalue weighted by Gasteiger charge is 2.33. The molecule has 9 heteroatoms. The number of nitrogens with zero attached hydrogens (tertiary/aromatic N) is 6. The molecule has 5 heterocycles. The van der Waals surface area contributed by atoms with Crippen LogP contribution in [0.4, 0.5) is 5.00 Å². The monoisotopic (exact) mass is 355 g/mol. The Labute approximate surface area is 145 Å². The fourth-order valence-electron chi connectivity index (χ4n) is 2.94. The van der Waals surface area contributed by atoms with E-state index in [-0.39, 0.29) is 6.04 Å². The molecule has 2 aliphatic rings. The van der Waals surface area contributed by atoms with Crippen LogP contribution in [-0.2, 0) is 7.05 Å². The fourth-order valence-corrected chi connectivity index (χ4v) is 4.60. The van der Waals surface area contributed by atoms with Gasteiger partial charge in [0, 0.05) is 36.6 Å². The molecule has 1 N–H and O–H groups in total. The first-order valence-electron chi connectivity index (χ1n) is 7.46. The summed E-state index contributed by atoms with van der Waals surface area (Å²) >= 11 is 3.10. The van der Waals surface area contributed by atoms with Crippen molar-refractivity contribution in [1.82, 2.24) is 19.1 Å². The van der Waals surface area contributed by atoms with Gasteiger partial charge in [-0.15, -0.1) is 11.3 Å². The van der Waals surface area contributed by atoms with Crippen molar-refractivity contribution >= 4 is 49.8 Å². The second-order valence-electron chi connectivity index (χ2n) is 5.59. The van der Waals surface area contributed by atoms with Crippen LogP contribution in [0.25, 0.3) is 10.2 Å². The maximum atomic E-state index is 4.70. The van der Waals surface area contributed by atoms with Crippen LogP contribution in [0.15, 0.2) is 46.2 Å². The van der Waals surface area contributed by atoms with Crippen molar-refractivity contribution in [1.29, 1.82) is 0 Å². The molecule has 0 radical (unpaired) electrons. The van der Waals surface area contributed by atoms with E-state index in [0.717, 1.165) is 32.5 Å². The highest BCUT2D eigenvalue weighted by Crippen LogP contribution is 2.33. The first-order chi connectivity index (χ1) is 11.8. The lowest BCUT2D eigenvalue weighted by Gasteiger charge is -2.26. The predicted molar refractivity (Wildman–Crippen MR) is 97.8 cm³/mol. The number of aromatic nitrogens is 3. The van der Waals surface area contributed by atoms with E-state index < -0.39 is 0 Å². The molecule has 0 saturated heterocycles.